The topological polar surface area (TPSA) is 81.5 Å². The molecule has 0 saturated heterocycles. The van der Waals surface area contributed by atoms with Gasteiger partial charge in [-0.3, -0.25) is 9.36 Å². The number of nitrogens with zero attached hydrogens (tertiary/aromatic N) is 3. The van der Waals surface area contributed by atoms with Crippen molar-refractivity contribution in [2.75, 3.05) is 6.54 Å². The van der Waals surface area contributed by atoms with E-state index >= 15 is 0 Å². The van der Waals surface area contributed by atoms with E-state index in [1.807, 2.05) is 53.2 Å². The quantitative estimate of drug-likeness (QED) is 0.577. The van der Waals surface area contributed by atoms with Gasteiger partial charge in [0, 0.05) is 38.3 Å². The number of imidazole rings is 1. The van der Waals surface area contributed by atoms with Gasteiger partial charge in [-0.2, -0.15) is 0 Å². The largest absolute Gasteiger partial charge is 0.419 e. The summed E-state index contributed by atoms with van der Waals surface area (Å²) in [5.74, 6) is -0.547. The fourth-order valence-electron chi connectivity index (χ4n) is 2.97. The van der Waals surface area contributed by atoms with Gasteiger partial charge in [0.25, 0.3) is 0 Å². The van der Waals surface area contributed by atoms with Crippen LogP contribution in [0.1, 0.15) is 12.1 Å². The number of oxazole rings is 1. The Bertz CT molecular complexity index is 1090. The minimum absolute atomic E-state index is 0.106. The Morgan fingerprint density at radius 1 is 1.15 bits per heavy atom. The summed E-state index contributed by atoms with van der Waals surface area (Å²) in [6.07, 6.45) is 4.77. The van der Waals surface area contributed by atoms with E-state index in [0.717, 1.165) is 11.3 Å². The van der Waals surface area contributed by atoms with Crippen LogP contribution in [0.5, 0.6) is 0 Å². The van der Waals surface area contributed by atoms with Crippen LogP contribution in [0.4, 0.5) is 0 Å². The van der Waals surface area contributed by atoms with E-state index in [0.29, 0.717) is 24.1 Å². The molecule has 0 unspecified atom stereocenters. The molecule has 0 radical (unpaired) electrons. The number of hydrogen-bond acceptors (Lipinski definition) is 4. The summed E-state index contributed by atoms with van der Waals surface area (Å²) in [7, 11) is 0. The number of aryl methyl sites for hydroxylation is 1. The number of para-hydroxylation sites is 2. The molecule has 7 nitrogen and oxygen atoms in total. The Labute approximate surface area is 148 Å². The zero-order valence-electron chi connectivity index (χ0n) is 14.1. The van der Waals surface area contributed by atoms with Crippen molar-refractivity contribution in [1.29, 1.82) is 0 Å². The molecule has 0 spiro atoms. The number of carbonyl (C=O) groups excluding carboxylic acids is 1. The molecule has 3 heterocycles. The highest BCUT2D eigenvalue weighted by Crippen LogP contribution is 2.12. The molecule has 0 atom stereocenters. The maximum Gasteiger partial charge on any atom is 0.419 e. The SMILES string of the molecule is O=C(CCn1c(=O)oc2ccccc21)NCCc1cn2ccccc2n1. The van der Waals surface area contributed by atoms with Crippen LogP contribution in [0, 0.1) is 0 Å². The minimum atomic E-state index is -0.441. The predicted octanol–water partition coefficient (Wildman–Crippen LogP) is 1.99. The van der Waals surface area contributed by atoms with Gasteiger partial charge >= 0.3 is 5.76 Å². The van der Waals surface area contributed by atoms with Gasteiger partial charge in [-0.15, -0.1) is 0 Å². The summed E-state index contributed by atoms with van der Waals surface area (Å²) in [5, 5.41) is 2.87. The first kappa shape index (κ1) is 16.1. The van der Waals surface area contributed by atoms with E-state index in [1.165, 1.54) is 4.57 Å². The van der Waals surface area contributed by atoms with E-state index in [2.05, 4.69) is 10.3 Å². The van der Waals surface area contributed by atoms with Crippen LogP contribution in [0.3, 0.4) is 0 Å². The highest BCUT2D eigenvalue weighted by Gasteiger charge is 2.10. The molecule has 4 aromatic rings. The van der Waals surface area contributed by atoms with E-state index < -0.39 is 5.76 Å². The fourth-order valence-corrected chi connectivity index (χ4v) is 2.97. The number of hydrogen-bond donors (Lipinski definition) is 1. The second-order valence-electron chi connectivity index (χ2n) is 6.04. The summed E-state index contributed by atoms with van der Waals surface area (Å²) in [5.41, 5.74) is 3.05. The third-order valence-corrected chi connectivity index (χ3v) is 4.25. The molecule has 4 rings (SSSR count). The van der Waals surface area contributed by atoms with E-state index in [4.69, 9.17) is 4.42 Å². The van der Waals surface area contributed by atoms with Gasteiger partial charge in [-0.05, 0) is 24.3 Å². The molecule has 132 valence electrons. The number of aromatic nitrogens is 3. The maximum atomic E-state index is 12.1. The van der Waals surface area contributed by atoms with Gasteiger partial charge in [-0.25, -0.2) is 9.78 Å². The number of nitrogens with one attached hydrogen (secondary N) is 1. The van der Waals surface area contributed by atoms with Gasteiger partial charge < -0.3 is 14.1 Å². The summed E-state index contributed by atoms with van der Waals surface area (Å²) >= 11 is 0. The fraction of sp³-hybridized carbons (Fsp3) is 0.211. The first-order valence-electron chi connectivity index (χ1n) is 8.48. The van der Waals surface area contributed by atoms with E-state index in [-0.39, 0.29) is 18.9 Å². The van der Waals surface area contributed by atoms with Gasteiger partial charge in [0.2, 0.25) is 5.91 Å². The van der Waals surface area contributed by atoms with Crippen molar-refractivity contribution in [2.45, 2.75) is 19.4 Å². The van der Waals surface area contributed by atoms with Gasteiger partial charge in [-0.1, -0.05) is 18.2 Å². The molecule has 3 aromatic heterocycles. The lowest BCUT2D eigenvalue weighted by molar-refractivity contribution is -0.121. The second kappa shape index (κ2) is 6.87. The Hall–Kier alpha value is -3.35. The first-order valence-corrected chi connectivity index (χ1v) is 8.48. The molecule has 0 bridgehead atoms. The first-order chi connectivity index (χ1) is 12.7. The smallest absolute Gasteiger partial charge is 0.408 e. The second-order valence-corrected chi connectivity index (χ2v) is 6.04. The van der Waals surface area contributed by atoms with Crippen LogP contribution in [0.25, 0.3) is 16.7 Å². The standard InChI is InChI=1S/C19H18N4O3/c24-18(9-12-23-15-5-1-2-6-16(15)26-19(23)25)20-10-8-14-13-22-11-4-3-7-17(22)21-14/h1-7,11,13H,8-10,12H2,(H,20,24). The Kier molecular flexibility index (Phi) is 4.27. The van der Waals surface area contributed by atoms with Crippen LogP contribution in [0.15, 0.2) is 64.1 Å². The number of rotatable bonds is 6. The lowest BCUT2D eigenvalue weighted by Gasteiger charge is -2.04. The van der Waals surface area contributed by atoms with Crippen molar-refractivity contribution in [2.24, 2.45) is 0 Å². The number of fused-ring (bicyclic) bond motifs is 2. The molecular formula is C19H18N4O3. The van der Waals surface area contributed by atoms with Crippen molar-refractivity contribution in [3.63, 3.8) is 0 Å². The van der Waals surface area contributed by atoms with Crippen LogP contribution < -0.4 is 11.1 Å². The molecule has 0 saturated carbocycles. The highest BCUT2D eigenvalue weighted by molar-refractivity contribution is 5.76. The Balaban J connectivity index is 1.31. The van der Waals surface area contributed by atoms with E-state index in [9.17, 15) is 9.59 Å². The van der Waals surface area contributed by atoms with Crippen LogP contribution >= 0.6 is 0 Å². The van der Waals surface area contributed by atoms with Gasteiger partial charge in [0.1, 0.15) is 5.65 Å². The van der Waals surface area contributed by atoms with Crippen LogP contribution in [0.2, 0.25) is 0 Å². The minimum Gasteiger partial charge on any atom is -0.408 e. The molecule has 1 amide bonds. The molecular weight excluding hydrogens is 332 g/mol. The lowest BCUT2D eigenvalue weighted by Crippen LogP contribution is -2.28. The summed E-state index contributed by atoms with van der Waals surface area (Å²) in [6, 6.07) is 13.0. The van der Waals surface area contributed by atoms with Gasteiger partial charge in [0.05, 0.1) is 11.2 Å². The third kappa shape index (κ3) is 3.23. The van der Waals surface area contributed by atoms with Crippen molar-refractivity contribution in [1.82, 2.24) is 19.3 Å². The molecule has 0 aliphatic carbocycles. The molecule has 26 heavy (non-hydrogen) atoms. The molecule has 7 heteroatoms. The summed E-state index contributed by atoms with van der Waals surface area (Å²) in [6.45, 7) is 0.791. The van der Waals surface area contributed by atoms with Crippen molar-refractivity contribution < 1.29 is 9.21 Å². The summed E-state index contributed by atoms with van der Waals surface area (Å²) < 4.78 is 8.60. The number of pyridine rings is 1. The molecule has 1 N–H and O–H groups in total. The predicted molar refractivity (Wildman–Crippen MR) is 97.0 cm³/mol. The van der Waals surface area contributed by atoms with Gasteiger partial charge in [0.15, 0.2) is 5.58 Å². The van der Waals surface area contributed by atoms with Crippen molar-refractivity contribution >= 4 is 22.7 Å². The number of benzene rings is 1. The number of amides is 1. The zero-order chi connectivity index (χ0) is 17.9. The average molecular weight is 350 g/mol. The maximum absolute atomic E-state index is 12.1. The van der Waals surface area contributed by atoms with E-state index in [1.54, 1.807) is 6.07 Å². The van der Waals surface area contributed by atoms with Crippen LogP contribution in [-0.2, 0) is 17.8 Å². The van der Waals surface area contributed by atoms with Crippen molar-refractivity contribution in [3.8, 4) is 0 Å². The zero-order valence-corrected chi connectivity index (χ0v) is 14.1. The van der Waals surface area contributed by atoms with Crippen molar-refractivity contribution in [3.05, 3.63) is 71.1 Å². The molecule has 0 aliphatic heterocycles. The van der Waals surface area contributed by atoms with Crippen LogP contribution in [-0.4, -0.2) is 26.4 Å². The molecule has 0 aliphatic rings. The summed E-state index contributed by atoms with van der Waals surface area (Å²) in [4.78, 5) is 28.5. The normalized spacial score (nSPS) is 11.2. The molecule has 0 fully saturated rings. The lowest BCUT2D eigenvalue weighted by atomic mass is 10.3. The monoisotopic (exact) mass is 350 g/mol. The Morgan fingerprint density at radius 2 is 2.00 bits per heavy atom. The average Bonchev–Trinajstić information content (AvgIpc) is 3.19. The molecule has 1 aromatic carbocycles. The Morgan fingerprint density at radius 3 is 2.88 bits per heavy atom. The third-order valence-electron chi connectivity index (χ3n) is 4.25. The highest BCUT2D eigenvalue weighted by atomic mass is 16.4. The number of carbonyl (C=O) groups is 1.